The van der Waals surface area contributed by atoms with Crippen LogP contribution in [0, 0.1) is 5.92 Å². The zero-order valence-corrected chi connectivity index (χ0v) is 8.78. The summed E-state index contributed by atoms with van der Waals surface area (Å²) in [5.74, 6) is 1.04. The molecule has 10 heavy (non-hydrogen) atoms. The van der Waals surface area contributed by atoms with Crippen molar-refractivity contribution in [2.75, 3.05) is 5.33 Å². The van der Waals surface area contributed by atoms with Gasteiger partial charge in [0, 0.05) is 5.33 Å². The Hall–Kier alpha value is 0.480. The molecule has 0 bridgehead atoms. The van der Waals surface area contributed by atoms with Gasteiger partial charge in [-0.15, -0.1) is 0 Å². The Balaban J connectivity index is 0.000000236. The lowest BCUT2D eigenvalue weighted by atomic mass is 9.91. The number of hydrogen-bond acceptors (Lipinski definition) is 0. The van der Waals surface area contributed by atoms with Crippen LogP contribution in [0.2, 0.25) is 0 Å². The first-order valence-electron chi connectivity index (χ1n) is 4.37. The molecule has 1 aliphatic carbocycles. The van der Waals surface area contributed by atoms with Crippen molar-refractivity contribution in [3.05, 3.63) is 0 Å². The summed E-state index contributed by atoms with van der Waals surface area (Å²) in [7, 11) is 0. The van der Waals surface area contributed by atoms with Gasteiger partial charge in [-0.2, -0.15) is 0 Å². The van der Waals surface area contributed by atoms with Crippen LogP contribution in [-0.4, -0.2) is 5.33 Å². The number of hydrogen-bond donors (Lipinski definition) is 0. The molecule has 1 aliphatic rings. The van der Waals surface area contributed by atoms with E-state index in [1.807, 2.05) is 6.92 Å². The van der Waals surface area contributed by atoms with Crippen LogP contribution in [-0.2, 0) is 0 Å². The Bertz CT molecular complexity index is 55.7. The maximum Gasteiger partial charge on any atom is 0.000281 e. The van der Waals surface area contributed by atoms with Crippen LogP contribution in [0.15, 0.2) is 0 Å². The Morgan fingerprint density at radius 1 is 1.20 bits per heavy atom. The molecule has 0 unspecified atom stereocenters. The predicted octanol–water partition coefficient (Wildman–Crippen LogP) is 3.99. The number of alkyl halides is 1. The highest BCUT2D eigenvalue weighted by Crippen LogP contribution is 2.21. The van der Waals surface area contributed by atoms with Crippen LogP contribution in [0.5, 0.6) is 0 Å². The largest absolute Gasteiger partial charge is 0.0931 e. The van der Waals surface area contributed by atoms with Crippen LogP contribution >= 0.6 is 15.9 Å². The molecule has 1 saturated carbocycles. The van der Waals surface area contributed by atoms with E-state index in [0.29, 0.717) is 0 Å². The molecule has 62 valence electrons. The third-order valence-corrected chi connectivity index (χ3v) is 1.89. The minimum atomic E-state index is 1.04. The molecule has 1 rings (SSSR count). The van der Waals surface area contributed by atoms with Gasteiger partial charge < -0.3 is 0 Å². The second kappa shape index (κ2) is 7.59. The lowest BCUT2D eigenvalue weighted by molar-refractivity contribution is 0.385. The van der Waals surface area contributed by atoms with Crippen molar-refractivity contribution in [3.8, 4) is 0 Å². The van der Waals surface area contributed by atoms with Gasteiger partial charge in [0.25, 0.3) is 0 Å². The van der Waals surface area contributed by atoms with Gasteiger partial charge in [0.2, 0.25) is 0 Å². The summed E-state index contributed by atoms with van der Waals surface area (Å²) in [5.41, 5.74) is 0. The normalized spacial score (nSPS) is 19.5. The Morgan fingerprint density at radius 3 is 1.80 bits per heavy atom. The van der Waals surface area contributed by atoms with Crippen LogP contribution in [0.1, 0.15) is 46.0 Å². The summed E-state index contributed by atoms with van der Waals surface area (Å²) in [5, 5.41) is 1.06. The summed E-state index contributed by atoms with van der Waals surface area (Å²) in [6.07, 6.45) is 7.44. The summed E-state index contributed by atoms with van der Waals surface area (Å²) in [6.45, 7) is 4.40. The highest BCUT2D eigenvalue weighted by atomic mass is 79.9. The fraction of sp³-hybridized carbons (Fsp3) is 1.00. The topological polar surface area (TPSA) is 0 Å². The number of rotatable bonds is 0. The second-order valence-corrected chi connectivity index (χ2v) is 4.13. The maximum atomic E-state index is 3.15. The molecule has 0 saturated heterocycles. The van der Waals surface area contributed by atoms with Gasteiger partial charge in [-0.3, -0.25) is 0 Å². The molecule has 0 amide bonds. The minimum Gasteiger partial charge on any atom is -0.0931 e. The van der Waals surface area contributed by atoms with Gasteiger partial charge in [0.1, 0.15) is 0 Å². The highest BCUT2D eigenvalue weighted by Gasteiger charge is 2.05. The second-order valence-electron chi connectivity index (χ2n) is 3.01. The van der Waals surface area contributed by atoms with Crippen LogP contribution < -0.4 is 0 Å². The van der Waals surface area contributed by atoms with E-state index in [1.54, 1.807) is 0 Å². The van der Waals surface area contributed by atoms with Crippen molar-refractivity contribution in [2.24, 2.45) is 5.92 Å². The molecule has 1 fully saturated rings. The van der Waals surface area contributed by atoms with Crippen LogP contribution in [0.4, 0.5) is 0 Å². The van der Waals surface area contributed by atoms with Crippen molar-refractivity contribution in [1.82, 2.24) is 0 Å². The molecule has 0 radical (unpaired) electrons. The number of halogens is 1. The molecule has 0 atom stereocenters. The predicted molar refractivity (Wildman–Crippen MR) is 51.7 cm³/mol. The lowest BCUT2D eigenvalue weighted by Gasteiger charge is -2.15. The lowest BCUT2D eigenvalue weighted by Crippen LogP contribution is -1.99. The monoisotopic (exact) mass is 206 g/mol. The molecular weight excluding hydrogens is 188 g/mol. The van der Waals surface area contributed by atoms with Crippen LogP contribution in [0.3, 0.4) is 0 Å². The van der Waals surface area contributed by atoms with Gasteiger partial charge in [-0.1, -0.05) is 61.9 Å². The van der Waals surface area contributed by atoms with Crippen molar-refractivity contribution in [3.63, 3.8) is 0 Å². The van der Waals surface area contributed by atoms with Gasteiger partial charge >= 0.3 is 0 Å². The molecule has 0 N–H and O–H groups in total. The molecule has 0 spiro atoms. The zero-order chi connectivity index (χ0) is 7.82. The quantitative estimate of drug-likeness (QED) is 0.527. The summed E-state index contributed by atoms with van der Waals surface area (Å²) in [6, 6.07) is 0. The Labute approximate surface area is 73.5 Å². The Kier molecular flexibility index (Phi) is 7.95. The summed E-state index contributed by atoms with van der Waals surface area (Å²) in [4.78, 5) is 0. The fourth-order valence-corrected chi connectivity index (χ4v) is 1.31. The smallest absolute Gasteiger partial charge is 0.000281 e. The van der Waals surface area contributed by atoms with Crippen LogP contribution in [0.25, 0.3) is 0 Å². The van der Waals surface area contributed by atoms with Gasteiger partial charge in [0.15, 0.2) is 0 Å². The average molecular weight is 207 g/mol. The molecular formula is C9H19Br. The first-order chi connectivity index (χ1) is 4.81. The van der Waals surface area contributed by atoms with E-state index >= 15 is 0 Å². The van der Waals surface area contributed by atoms with Crippen molar-refractivity contribution in [2.45, 2.75) is 46.0 Å². The molecule has 0 aromatic carbocycles. The fourth-order valence-electron chi connectivity index (χ4n) is 1.31. The van der Waals surface area contributed by atoms with E-state index in [-0.39, 0.29) is 0 Å². The molecule has 0 aromatic rings. The zero-order valence-electron chi connectivity index (χ0n) is 7.20. The molecule has 0 heterocycles. The SMILES string of the molecule is CC1CCCCC1.CCBr. The van der Waals surface area contributed by atoms with Crippen molar-refractivity contribution in [1.29, 1.82) is 0 Å². The first kappa shape index (κ1) is 10.5. The highest BCUT2D eigenvalue weighted by molar-refractivity contribution is 9.09. The van der Waals surface area contributed by atoms with Gasteiger partial charge in [-0.05, 0) is 5.92 Å². The van der Waals surface area contributed by atoms with E-state index in [0.717, 1.165) is 11.2 Å². The van der Waals surface area contributed by atoms with Gasteiger partial charge in [-0.25, -0.2) is 0 Å². The minimum absolute atomic E-state index is 1.04. The molecule has 0 aliphatic heterocycles. The molecule has 1 heteroatoms. The maximum absolute atomic E-state index is 3.15. The van der Waals surface area contributed by atoms with E-state index < -0.39 is 0 Å². The van der Waals surface area contributed by atoms with E-state index in [9.17, 15) is 0 Å². The third kappa shape index (κ3) is 6.60. The Morgan fingerprint density at radius 2 is 1.60 bits per heavy atom. The van der Waals surface area contributed by atoms with Gasteiger partial charge in [0.05, 0.1) is 0 Å². The van der Waals surface area contributed by atoms with E-state index in [4.69, 9.17) is 0 Å². The molecule has 0 nitrogen and oxygen atoms in total. The standard InChI is InChI=1S/C7H14.C2H5Br/c1-7-5-3-2-4-6-7;1-2-3/h7H,2-6H2,1H3;2H2,1H3. The molecule has 0 aromatic heterocycles. The average Bonchev–Trinajstić information content (AvgIpc) is 1.91. The van der Waals surface area contributed by atoms with Crippen molar-refractivity contribution < 1.29 is 0 Å². The summed E-state index contributed by atoms with van der Waals surface area (Å²) < 4.78 is 0. The van der Waals surface area contributed by atoms with E-state index in [1.165, 1.54) is 32.1 Å². The summed E-state index contributed by atoms with van der Waals surface area (Å²) >= 11 is 3.15. The van der Waals surface area contributed by atoms with E-state index in [2.05, 4.69) is 22.9 Å². The first-order valence-corrected chi connectivity index (χ1v) is 5.49. The van der Waals surface area contributed by atoms with Crippen molar-refractivity contribution >= 4 is 15.9 Å². The third-order valence-electron chi connectivity index (χ3n) is 1.89.